The molecule has 0 amide bonds. The maximum absolute atomic E-state index is 12.6. The molecule has 2 nitrogen and oxygen atoms in total. The maximum atomic E-state index is 12.6. The lowest BCUT2D eigenvalue weighted by Gasteiger charge is -2.34. The molecule has 1 unspecified atom stereocenters. The van der Waals surface area contributed by atoms with E-state index in [2.05, 4.69) is 59.3 Å². The SMILES string of the molecule is CC(C)(C)[S+]([O-])N[C@H]1C[C@@H](c2ccccc2)Cc2ccccc21. The van der Waals surface area contributed by atoms with Gasteiger partial charge < -0.3 is 4.55 Å². The number of hydrogen-bond acceptors (Lipinski definition) is 2. The summed E-state index contributed by atoms with van der Waals surface area (Å²) in [4.78, 5) is 0. The monoisotopic (exact) mass is 327 g/mol. The molecule has 0 saturated carbocycles. The summed E-state index contributed by atoms with van der Waals surface area (Å²) >= 11 is -1.06. The van der Waals surface area contributed by atoms with Crippen LogP contribution in [0.5, 0.6) is 0 Å². The summed E-state index contributed by atoms with van der Waals surface area (Å²) in [6, 6.07) is 19.4. The van der Waals surface area contributed by atoms with Crippen molar-refractivity contribution in [1.82, 2.24) is 4.72 Å². The summed E-state index contributed by atoms with van der Waals surface area (Å²) < 4.78 is 15.7. The summed E-state index contributed by atoms with van der Waals surface area (Å²) in [6.07, 6.45) is 2.05. The molecule has 122 valence electrons. The highest BCUT2D eigenvalue weighted by Gasteiger charge is 2.34. The van der Waals surface area contributed by atoms with Crippen LogP contribution in [0.2, 0.25) is 0 Å². The first kappa shape index (κ1) is 16.6. The van der Waals surface area contributed by atoms with E-state index in [0.717, 1.165) is 12.8 Å². The Kier molecular flexibility index (Phi) is 4.81. The van der Waals surface area contributed by atoms with Crippen LogP contribution < -0.4 is 4.72 Å². The Morgan fingerprint density at radius 3 is 2.35 bits per heavy atom. The average Bonchev–Trinajstić information content (AvgIpc) is 2.54. The van der Waals surface area contributed by atoms with Crippen LogP contribution in [0.25, 0.3) is 0 Å². The zero-order valence-electron chi connectivity index (χ0n) is 14.1. The second-order valence-corrected chi connectivity index (χ2v) is 9.30. The molecule has 0 aliphatic heterocycles. The van der Waals surface area contributed by atoms with Gasteiger partial charge in [-0.15, -0.1) is 4.72 Å². The number of benzene rings is 2. The van der Waals surface area contributed by atoms with Gasteiger partial charge in [-0.2, -0.15) is 0 Å². The summed E-state index contributed by atoms with van der Waals surface area (Å²) in [7, 11) is 0. The molecule has 0 saturated heterocycles. The molecule has 0 fully saturated rings. The van der Waals surface area contributed by atoms with Crippen LogP contribution >= 0.6 is 0 Å². The van der Waals surface area contributed by atoms with Gasteiger partial charge in [0.25, 0.3) is 0 Å². The van der Waals surface area contributed by atoms with Crippen molar-refractivity contribution < 1.29 is 4.55 Å². The van der Waals surface area contributed by atoms with Crippen LogP contribution in [-0.4, -0.2) is 9.30 Å². The van der Waals surface area contributed by atoms with E-state index in [9.17, 15) is 4.55 Å². The molecule has 1 aliphatic rings. The van der Waals surface area contributed by atoms with Gasteiger partial charge in [0, 0.05) is 11.4 Å². The Balaban J connectivity index is 1.88. The van der Waals surface area contributed by atoms with Crippen molar-refractivity contribution >= 4 is 11.4 Å². The second kappa shape index (κ2) is 6.68. The average molecular weight is 327 g/mol. The number of nitrogens with one attached hydrogen (secondary N) is 1. The molecule has 2 aromatic rings. The number of fused-ring (bicyclic) bond motifs is 1. The molecule has 0 radical (unpaired) electrons. The largest absolute Gasteiger partial charge is 0.598 e. The highest BCUT2D eigenvalue weighted by molar-refractivity contribution is 7.90. The summed E-state index contributed by atoms with van der Waals surface area (Å²) in [6.45, 7) is 6.04. The zero-order valence-corrected chi connectivity index (χ0v) is 14.9. The highest BCUT2D eigenvalue weighted by atomic mass is 32.2. The third kappa shape index (κ3) is 3.79. The first-order valence-electron chi connectivity index (χ1n) is 8.26. The minimum atomic E-state index is -1.06. The van der Waals surface area contributed by atoms with Gasteiger partial charge in [-0.25, -0.2) is 0 Å². The first-order valence-corrected chi connectivity index (χ1v) is 9.41. The van der Waals surface area contributed by atoms with Gasteiger partial charge >= 0.3 is 0 Å². The van der Waals surface area contributed by atoms with Gasteiger partial charge in [0.2, 0.25) is 0 Å². The summed E-state index contributed by atoms with van der Waals surface area (Å²) in [5.41, 5.74) is 4.05. The van der Waals surface area contributed by atoms with E-state index in [1.165, 1.54) is 16.7 Å². The van der Waals surface area contributed by atoms with Crippen LogP contribution in [0.1, 0.15) is 55.8 Å². The quantitative estimate of drug-likeness (QED) is 0.842. The van der Waals surface area contributed by atoms with Gasteiger partial charge in [-0.3, -0.25) is 0 Å². The van der Waals surface area contributed by atoms with Gasteiger partial charge in [-0.1, -0.05) is 54.6 Å². The lowest BCUT2D eigenvalue weighted by molar-refractivity contribution is 0.456. The smallest absolute Gasteiger partial charge is 0.136 e. The van der Waals surface area contributed by atoms with Crippen LogP contribution in [-0.2, 0) is 17.8 Å². The molecule has 0 heterocycles. The van der Waals surface area contributed by atoms with Crippen LogP contribution in [0.15, 0.2) is 54.6 Å². The van der Waals surface area contributed by atoms with Crippen LogP contribution in [0, 0.1) is 0 Å². The molecule has 3 atom stereocenters. The lowest BCUT2D eigenvalue weighted by atomic mass is 9.78. The Hall–Kier alpha value is -1.29. The molecule has 0 aromatic heterocycles. The van der Waals surface area contributed by atoms with Crippen molar-refractivity contribution in [3.05, 3.63) is 71.3 Å². The molecule has 23 heavy (non-hydrogen) atoms. The Bertz CT molecular complexity index is 650. The summed E-state index contributed by atoms with van der Waals surface area (Å²) in [5.74, 6) is 0.473. The second-order valence-electron chi connectivity index (χ2n) is 7.30. The van der Waals surface area contributed by atoms with Gasteiger partial charge in [0.1, 0.15) is 4.75 Å². The van der Waals surface area contributed by atoms with Crippen molar-refractivity contribution in [3.8, 4) is 0 Å². The third-order valence-corrected chi connectivity index (χ3v) is 6.10. The molecular weight excluding hydrogens is 302 g/mol. The predicted octanol–water partition coefficient (Wildman–Crippen LogP) is 4.51. The van der Waals surface area contributed by atoms with Crippen molar-refractivity contribution in [2.45, 2.75) is 50.3 Å². The number of hydrogen-bond donors (Lipinski definition) is 1. The minimum absolute atomic E-state index is 0.144. The van der Waals surface area contributed by atoms with E-state index in [1.807, 2.05) is 20.8 Å². The number of rotatable bonds is 3. The maximum Gasteiger partial charge on any atom is 0.136 e. The third-order valence-electron chi connectivity index (χ3n) is 4.49. The van der Waals surface area contributed by atoms with Crippen LogP contribution in [0.3, 0.4) is 0 Å². The van der Waals surface area contributed by atoms with Crippen LogP contribution in [0.4, 0.5) is 0 Å². The van der Waals surface area contributed by atoms with Crippen molar-refractivity contribution in [2.24, 2.45) is 0 Å². The molecule has 2 aromatic carbocycles. The Labute approximate surface area is 142 Å². The van der Waals surface area contributed by atoms with Gasteiger partial charge in [-0.05, 0) is 56.2 Å². The molecule has 0 bridgehead atoms. The van der Waals surface area contributed by atoms with E-state index >= 15 is 0 Å². The standard InChI is InChI=1S/C20H25NOS/c1-20(2,3)23(22)21-19-14-17(15-9-5-4-6-10-15)13-16-11-7-8-12-18(16)19/h4-12,17,19,21H,13-14H2,1-3H3/t17-,19-,23?/m0/s1. The van der Waals surface area contributed by atoms with Crippen molar-refractivity contribution in [1.29, 1.82) is 0 Å². The molecular formula is C20H25NOS. The van der Waals surface area contributed by atoms with E-state index < -0.39 is 11.4 Å². The molecule has 1 aliphatic carbocycles. The zero-order chi connectivity index (χ0) is 16.4. The predicted molar refractivity (Wildman–Crippen MR) is 97.7 cm³/mol. The van der Waals surface area contributed by atoms with Crippen molar-refractivity contribution in [3.63, 3.8) is 0 Å². The normalized spacial score (nSPS) is 22.4. The Morgan fingerprint density at radius 2 is 1.65 bits per heavy atom. The van der Waals surface area contributed by atoms with E-state index in [0.29, 0.717) is 5.92 Å². The van der Waals surface area contributed by atoms with E-state index in [-0.39, 0.29) is 10.8 Å². The van der Waals surface area contributed by atoms with Crippen molar-refractivity contribution in [2.75, 3.05) is 0 Å². The fourth-order valence-electron chi connectivity index (χ4n) is 3.22. The fourth-order valence-corrected chi connectivity index (χ4v) is 4.05. The minimum Gasteiger partial charge on any atom is -0.598 e. The van der Waals surface area contributed by atoms with E-state index in [1.54, 1.807) is 0 Å². The lowest BCUT2D eigenvalue weighted by Crippen LogP contribution is -2.42. The Morgan fingerprint density at radius 1 is 1.00 bits per heavy atom. The summed E-state index contributed by atoms with van der Waals surface area (Å²) in [5, 5.41) is 0. The van der Waals surface area contributed by atoms with Gasteiger partial charge in [0.15, 0.2) is 0 Å². The highest BCUT2D eigenvalue weighted by Crippen LogP contribution is 2.39. The first-order chi connectivity index (χ1) is 10.9. The van der Waals surface area contributed by atoms with E-state index in [4.69, 9.17) is 0 Å². The molecule has 1 N–H and O–H groups in total. The van der Waals surface area contributed by atoms with Gasteiger partial charge in [0.05, 0.1) is 6.04 Å². The molecule has 3 heteroatoms. The topological polar surface area (TPSA) is 35.1 Å². The molecule has 3 rings (SSSR count). The fraction of sp³-hybridized carbons (Fsp3) is 0.400. The molecule has 0 spiro atoms.